The van der Waals surface area contributed by atoms with E-state index in [2.05, 4.69) is 53.7 Å². The number of hydrogen-bond acceptors (Lipinski definition) is 3. The number of halogens is 1. The van der Waals surface area contributed by atoms with Crippen LogP contribution in [0.3, 0.4) is 0 Å². The molecule has 0 heterocycles. The average molecular weight is 516 g/mol. The number of amides is 1. The van der Waals surface area contributed by atoms with Crippen molar-refractivity contribution in [1.82, 2.24) is 15.5 Å². The molecule has 7 heteroatoms. The zero-order valence-corrected chi connectivity index (χ0v) is 20.6. The van der Waals surface area contributed by atoms with E-state index in [-0.39, 0.29) is 36.4 Å². The number of rotatable bonds is 9. The highest BCUT2D eigenvalue weighted by Crippen LogP contribution is 2.20. The molecule has 0 bridgehead atoms. The molecule has 0 aliphatic heterocycles. The van der Waals surface area contributed by atoms with Gasteiger partial charge in [0.1, 0.15) is 6.54 Å². The number of nitrogens with zero attached hydrogens (tertiary/aromatic N) is 2. The van der Waals surface area contributed by atoms with Gasteiger partial charge in [0.25, 0.3) is 0 Å². The molecule has 6 nitrogen and oxygen atoms in total. The van der Waals surface area contributed by atoms with Crippen molar-refractivity contribution in [2.24, 2.45) is 10.9 Å². The lowest BCUT2D eigenvalue weighted by molar-refractivity contribution is -0.127. The van der Waals surface area contributed by atoms with Gasteiger partial charge in [-0.25, -0.2) is 4.99 Å². The monoisotopic (exact) mass is 516 g/mol. The Morgan fingerprint density at radius 3 is 2.69 bits per heavy atom. The number of guanidine groups is 1. The van der Waals surface area contributed by atoms with Crippen molar-refractivity contribution >= 4 is 35.8 Å². The van der Waals surface area contributed by atoms with Gasteiger partial charge in [0.05, 0.1) is 0 Å². The Bertz CT molecular complexity index is 649. The summed E-state index contributed by atoms with van der Waals surface area (Å²) in [5.41, 5.74) is 2.84. The number of likely N-dealkylation sites (N-methyl/N-ethyl adjacent to an activating group) is 1. The third-order valence-corrected chi connectivity index (χ3v) is 4.77. The van der Waals surface area contributed by atoms with E-state index in [1.54, 1.807) is 19.0 Å². The molecule has 1 amide bonds. The van der Waals surface area contributed by atoms with Crippen LogP contribution in [0.5, 0.6) is 0 Å². The Morgan fingerprint density at radius 1 is 1.28 bits per heavy atom. The lowest BCUT2D eigenvalue weighted by Gasteiger charge is -2.27. The molecule has 1 atom stereocenters. The number of fused-ring (bicyclic) bond motifs is 1. The summed E-state index contributed by atoms with van der Waals surface area (Å²) in [6.45, 7) is 6.73. The summed E-state index contributed by atoms with van der Waals surface area (Å²) >= 11 is 0. The minimum Gasteiger partial charge on any atom is -0.381 e. The maximum atomic E-state index is 11.9. The van der Waals surface area contributed by atoms with Crippen LogP contribution in [0.25, 0.3) is 0 Å². The van der Waals surface area contributed by atoms with Gasteiger partial charge in [-0.05, 0) is 42.7 Å². The molecule has 1 aliphatic carbocycles. The van der Waals surface area contributed by atoms with Crippen molar-refractivity contribution in [3.05, 3.63) is 35.4 Å². The molecular formula is C22H37IN4O2. The molecule has 1 aliphatic rings. The molecule has 1 aromatic rings. The molecule has 0 spiro atoms. The van der Waals surface area contributed by atoms with Gasteiger partial charge < -0.3 is 20.3 Å². The normalized spacial score (nSPS) is 16.0. The molecule has 0 fully saturated rings. The lowest BCUT2D eigenvalue weighted by atomic mass is 9.88. The average Bonchev–Trinajstić information content (AvgIpc) is 2.67. The standard InChI is InChI=1S/C22H36N4O2.HI/c1-17(2)16-28-13-7-12-23-22(24-15-21(27)26(3)4)25-20-11-10-18-8-5-6-9-19(18)14-20;/h5-6,8-9,17,20H,7,10-16H2,1-4H3,(H2,23,24,25);1H. The van der Waals surface area contributed by atoms with Crippen LogP contribution in [-0.2, 0) is 22.4 Å². The van der Waals surface area contributed by atoms with Gasteiger partial charge in [0, 0.05) is 39.9 Å². The number of aryl methyl sites for hydroxylation is 1. The molecule has 164 valence electrons. The topological polar surface area (TPSA) is 66.0 Å². The largest absolute Gasteiger partial charge is 0.381 e. The van der Waals surface area contributed by atoms with Crippen LogP contribution < -0.4 is 10.6 Å². The van der Waals surface area contributed by atoms with Gasteiger partial charge in [-0.2, -0.15) is 0 Å². The van der Waals surface area contributed by atoms with Crippen molar-refractivity contribution in [2.75, 3.05) is 40.4 Å². The number of nitrogens with one attached hydrogen (secondary N) is 2. The summed E-state index contributed by atoms with van der Waals surface area (Å²) in [6, 6.07) is 8.95. The number of carbonyl (C=O) groups is 1. The first-order valence-electron chi connectivity index (χ1n) is 10.3. The quantitative estimate of drug-likeness (QED) is 0.229. The third-order valence-electron chi connectivity index (χ3n) is 4.77. The highest BCUT2D eigenvalue weighted by molar-refractivity contribution is 14.0. The van der Waals surface area contributed by atoms with Gasteiger partial charge in [0.15, 0.2) is 5.96 Å². The molecule has 29 heavy (non-hydrogen) atoms. The molecule has 1 unspecified atom stereocenters. The van der Waals surface area contributed by atoms with E-state index >= 15 is 0 Å². The number of aliphatic imine (C=N–C) groups is 1. The second kappa shape index (κ2) is 13.8. The Morgan fingerprint density at radius 2 is 2.00 bits per heavy atom. The van der Waals surface area contributed by atoms with E-state index in [0.29, 0.717) is 17.9 Å². The second-order valence-corrected chi connectivity index (χ2v) is 8.05. The highest BCUT2D eigenvalue weighted by atomic mass is 127. The molecule has 0 radical (unpaired) electrons. The van der Waals surface area contributed by atoms with Crippen LogP contribution in [0.2, 0.25) is 0 Å². The first-order valence-corrected chi connectivity index (χ1v) is 10.3. The van der Waals surface area contributed by atoms with Crippen LogP contribution in [0.4, 0.5) is 0 Å². The number of carbonyl (C=O) groups excluding carboxylic acids is 1. The summed E-state index contributed by atoms with van der Waals surface area (Å²) in [6.07, 6.45) is 4.02. The zero-order chi connectivity index (χ0) is 20.4. The molecule has 1 aromatic carbocycles. The minimum atomic E-state index is -0.00430. The van der Waals surface area contributed by atoms with Gasteiger partial charge in [0.2, 0.25) is 5.91 Å². The Hall–Kier alpha value is -1.35. The van der Waals surface area contributed by atoms with Crippen LogP contribution in [0.1, 0.15) is 37.8 Å². The van der Waals surface area contributed by atoms with Crippen LogP contribution in [0, 0.1) is 5.92 Å². The first kappa shape index (κ1) is 25.7. The SMILES string of the molecule is CC(C)COCCCNC(=NCC(=O)N(C)C)NC1CCc2ccccc2C1.I. The van der Waals surface area contributed by atoms with Gasteiger partial charge >= 0.3 is 0 Å². The Labute approximate surface area is 192 Å². The molecule has 2 N–H and O–H groups in total. The van der Waals surface area contributed by atoms with Crippen LogP contribution in [-0.4, -0.2) is 63.2 Å². The van der Waals surface area contributed by atoms with Gasteiger partial charge in [-0.15, -0.1) is 24.0 Å². The van der Waals surface area contributed by atoms with Crippen molar-refractivity contribution in [2.45, 2.75) is 45.6 Å². The maximum Gasteiger partial charge on any atom is 0.243 e. The van der Waals surface area contributed by atoms with Crippen molar-refractivity contribution < 1.29 is 9.53 Å². The predicted octanol–water partition coefficient (Wildman–Crippen LogP) is 2.85. The van der Waals surface area contributed by atoms with E-state index in [0.717, 1.165) is 45.4 Å². The fourth-order valence-corrected chi connectivity index (χ4v) is 3.16. The van der Waals surface area contributed by atoms with Crippen molar-refractivity contribution in [3.63, 3.8) is 0 Å². The van der Waals surface area contributed by atoms with Crippen LogP contribution >= 0.6 is 24.0 Å². The fourth-order valence-electron chi connectivity index (χ4n) is 3.16. The maximum absolute atomic E-state index is 11.9. The molecule has 0 aromatic heterocycles. The second-order valence-electron chi connectivity index (χ2n) is 8.05. The van der Waals surface area contributed by atoms with Gasteiger partial charge in [-0.1, -0.05) is 38.1 Å². The fraction of sp³-hybridized carbons (Fsp3) is 0.636. The molecular weight excluding hydrogens is 479 g/mol. The smallest absolute Gasteiger partial charge is 0.243 e. The Balaban J connectivity index is 0.00000420. The summed E-state index contributed by atoms with van der Waals surface area (Å²) < 4.78 is 5.63. The Kier molecular flexibility index (Phi) is 12.2. The zero-order valence-electron chi connectivity index (χ0n) is 18.2. The van der Waals surface area contributed by atoms with E-state index in [1.807, 2.05) is 0 Å². The van der Waals surface area contributed by atoms with Crippen molar-refractivity contribution in [1.29, 1.82) is 0 Å². The highest BCUT2D eigenvalue weighted by Gasteiger charge is 2.19. The summed E-state index contributed by atoms with van der Waals surface area (Å²) in [4.78, 5) is 18.0. The van der Waals surface area contributed by atoms with E-state index in [1.165, 1.54) is 11.1 Å². The van der Waals surface area contributed by atoms with Crippen LogP contribution in [0.15, 0.2) is 29.3 Å². The minimum absolute atomic E-state index is 0. The molecule has 0 saturated carbocycles. The number of benzene rings is 1. The summed E-state index contributed by atoms with van der Waals surface area (Å²) in [5, 5.41) is 6.89. The van der Waals surface area contributed by atoms with E-state index in [9.17, 15) is 4.79 Å². The number of hydrogen-bond donors (Lipinski definition) is 2. The predicted molar refractivity (Wildman–Crippen MR) is 130 cm³/mol. The molecule has 2 rings (SSSR count). The first-order chi connectivity index (χ1) is 13.5. The summed E-state index contributed by atoms with van der Waals surface area (Å²) in [5.74, 6) is 1.26. The van der Waals surface area contributed by atoms with Crippen molar-refractivity contribution in [3.8, 4) is 0 Å². The summed E-state index contributed by atoms with van der Waals surface area (Å²) in [7, 11) is 3.50. The lowest BCUT2D eigenvalue weighted by Crippen LogP contribution is -2.46. The van der Waals surface area contributed by atoms with E-state index in [4.69, 9.17) is 4.74 Å². The number of ether oxygens (including phenoxy) is 1. The van der Waals surface area contributed by atoms with Gasteiger partial charge in [-0.3, -0.25) is 4.79 Å². The van der Waals surface area contributed by atoms with E-state index < -0.39 is 0 Å². The molecule has 0 saturated heterocycles. The third kappa shape index (κ3) is 9.80.